The second-order valence-corrected chi connectivity index (χ2v) is 3.93. The zero-order valence-corrected chi connectivity index (χ0v) is 10.1. The average Bonchev–Trinajstić information content (AvgIpc) is 2.78. The number of nitrogens with one attached hydrogen (secondary N) is 1. The molecule has 0 spiro atoms. The summed E-state index contributed by atoms with van der Waals surface area (Å²) in [6, 6.07) is 9.68. The number of amides is 1. The minimum absolute atomic E-state index is 0.0720. The van der Waals surface area contributed by atoms with Crippen LogP contribution in [0.3, 0.4) is 0 Å². The molecule has 0 atom stereocenters. The van der Waals surface area contributed by atoms with Crippen molar-refractivity contribution in [2.24, 2.45) is 0 Å². The molecule has 0 saturated carbocycles. The predicted molar refractivity (Wildman–Crippen MR) is 67.7 cm³/mol. The quantitative estimate of drug-likeness (QED) is 0.849. The topological polar surface area (TPSA) is 46.9 Å². The summed E-state index contributed by atoms with van der Waals surface area (Å²) in [5.74, 6) is 0.161. The second-order valence-electron chi connectivity index (χ2n) is 3.66. The Morgan fingerprint density at radius 3 is 2.71 bits per heavy atom. The molecule has 2 rings (SSSR count). The maximum atomic E-state index is 11.1. The molecule has 17 heavy (non-hydrogen) atoms. The number of anilines is 1. The molecule has 1 amide bonds. The lowest BCUT2D eigenvalue weighted by molar-refractivity contribution is -0.113. The van der Waals surface area contributed by atoms with E-state index in [0.29, 0.717) is 5.82 Å². The van der Waals surface area contributed by atoms with E-state index in [1.54, 1.807) is 16.9 Å². The van der Waals surface area contributed by atoms with Gasteiger partial charge in [-0.15, -0.1) is 11.6 Å². The molecule has 1 N–H and O–H groups in total. The van der Waals surface area contributed by atoms with Crippen molar-refractivity contribution in [3.05, 3.63) is 42.1 Å². The van der Waals surface area contributed by atoms with Crippen molar-refractivity contribution < 1.29 is 4.79 Å². The Hall–Kier alpha value is -1.81. The number of carbonyl (C=O) groups excluding carboxylic acids is 1. The van der Waals surface area contributed by atoms with E-state index in [4.69, 9.17) is 11.6 Å². The van der Waals surface area contributed by atoms with Crippen molar-refractivity contribution in [3.8, 4) is 5.69 Å². The van der Waals surface area contributed by atoms with Gasteiger partial charge in [-0.25, -0.2) is 4.68 Å². The Labute approximate surface area is 104 Å². The number of hydrogen-bond donors (Lipinski definition) is 1. The summed E-state index contributed by atoms with van der Waals surface area (Å²) in [5, 5.41) is 6.81. The van der Waals surface area contributed by atoms with Gasteiger partial charge in [-0.05, 0) is 19.1 Å². The summed E-state index contributed by atoms with van der Waals surface area (Å²) in [6.07, 6.45) is 1.79. The standard InChI is InChI=1S/C12H12ClN3O/c1-9-2-4-10(5-3-9)16-7-6-11(15-16)14-12(17)8-13/h2-7H,8H2,1H3,(H,14,15,17). The molecule has 1 aromatic heterocycles. The number of carbonyl (C=O) groups is 1. The van der Waals surface area contributed by atoms with Crippen LogP contribution >= 0.6 is 11.6 Å². The molecular weight excluding hydrogens is 238 g/mol. The van der Waals surface area contributed by atoms with Crippen LogP contribution in [0.4, 0.5) is 5.82 Å². The molecule has 0 aliphatic carbocycles. The molecule has 0 unspecified atom stereocenters. The number of hydrogen-bond acceptors (Lipinski definition) is 2. The molecule has 88 valence electrons. The molecule has 0 fully saturated rings. The maximum Gasteiger partial charge on any atom is 0.240 e. The first-order valence-electron chi connectivity index (χ1n) is 5.17. The van der Waals surface area contributed by atoms with E-state index >= 15 is 0 Å². The lowest BCUT2D eigenvalue weighted by Gasteiger charge is -2.01. The van der Waals surface area contributed by atoms with Crippen LogP contribution < -0.4 is 5.32 Å². The van der Waals surface area contributed by atoms with Crippen LogP contribution in [0.5, 0.6) is 0 Å². The molecule has 1 heterocycles. The van der Waals surface area contributed by atoms with Gasteiger partial charge in [0, 0.05) is 12.3 Å². The number of aryl methyl sites for hydroxylation is 1. The van der Waals surface area contributed by atoms with Crippen LogP contribution in [0, 0.1) is 6.92 Å². The van der Waals surface area contributed by atoms with E-state index in [2.05, 4.69) is 10.4 Å². The first kappa shape index (κ1) is 11.7. The Bertz CT molecular complexity index is 519. The van der Waals surface area contributed by atoms with Gasteiger partial charge < -0.3 is 5.32 Å². The molecule has 0 saturated heterocycles. The number of alkyl halides is 1. The van der Waals surface area contributed by atoms with E-state index in [1.165, 1.54) is 5.56 Å². The van der Waals surface area contributed by atoms with E-state index in [-0.39, 0.29) is 11.8 Å². The highest BCUT2D eigenvalue weighted by Gasteiger charge is 2.04. The summed E-state index contributed by atoms with van der Waals surface area (Å²) in [4.78, 5) is 11.1. The van der Waals surface area contributed by atoms with Crippen molar-refractivity contribution in [3.63, 3.8) is 0 Å². The van der Waals surface area contributed by atoms with Gasteiger partial charge in [0.15, 0.2) is 5.82 Å². The molecule has 0 aliphatic rings. The first-order chi connectivity index (χ1) is 8.19. The Balaban J connectivity index is 2.18. The molecule has 4 nitrogen and oxygen atoms in total. The molecule has 1 aromatic carbocycles. The number of rotatable bonds is 3. The highest BCUT2D eigenvalue weighted by Crippen LogP contribution is 2.11. The van der Waals surface area contributed by atoms with Gasteiger partial charge >= 0.3 is 0 Å². The molecule has 5 heteroatoms. The van der Waals surface area contributed by atoms with Gasteiger partial charge in [0.25, 0.3) is 0 Å². The summed E-state index contributed by atoms with van der Waals surface area (Å²) in [5.41, 5.74) is 2.14. The van der Waals surface area contributed by atoms with Crippen molar-refractivity contribution in [2.75, 3.05) is 11.2 Å². The van der Waals surface area contributed by atoms with E-state index in [0.717, 1.165) is 5.69 Å². The smallest absolute Gasteiger partial charge is 0.240 e. The normalized spacial score (nSPS) is 10.2. The largest absolute Gasteiger partial charge is 0.308 e. The summed E-state index contributed by atoms with van der Waals surface area (Å²) < 4.78 is 1.70. The van der Waals surface area contributed by atoms with Gasteiger partial charge in [-0.2, -0.15) is 5.10 Å². The van der Waals surface area contributed by atoms with Crippen molar-refractivity contribution in [1.29, 1.82) is 0 Å². The first-order valence-corrected chi connectivity index (χ1v) is 5.71. The van der Waals surface area contributed by atoms with Gasteiger partial charge in [0.1, 0.15) is 5.88 Å². The third-order valence-electron chi connectivity index (χ3n) is 2.28. The lowest BCUT2D eigenvalue weighted by atomic mass is 10.2. The van der Waals surface area contributed by atoms with Crippen molar-refractivity contribution in [1.82, 2.24) is 9.78 Å². The third-order valence-corrected chi connectivity index (χ3v) is 2.52. The Morgan fingerprint density at radius 1 is 1.35 bits per heavy atom. The molecular formula is C12H12ClN3O. The fourth-order valence-corrected chi connectivity index (χ4v) is 1.47. The fraction of sp³-hybridized carbons (Fsp3) is 0.167. The Morgan fingerprint density at radius 2 is 2.06 bits per heavy atom. The van der Waals surface area contributed by atoms with E-state index in [9.17, 15) is 4.79 Å². The van der Waals surface area contributed by atoms with Gasteiger partial charge in [0.05, 0.1) is 5.69 Å². The minimum atomic E-state index is -0.263. The van der Waals surface area contributed by atoms with Gasteiger partial charge in [-0.3, -0.25) is 4.79 Å². The van der Waals surface area contributed by atoms with Crippen LogP contribution in [0.2, 0.25) is 0 Å². The fourth-order valence-electron chi connectivity index (χ4n) is 1.41. The molecule has 0 aliphatic heterocycles. The summed E-state index contributed by atoms with van der Waals surface area (Å²) in [6.45, 7) is 2.03. The molecule has 0 bridgehead atoms. The maximum absolute atomic E-state index is 11.1. The lowest BCUT2D eigenvalue weighted by Crippen LogP contribution is -2.13. The van der Waals surface area contributed by atoms with Crippen LogP contribution in [-0.4, -0.2) is 21.6 Å². The number of halogens is 1. The zero-order valence-electron chi connectivity index (χ0n) is 9.35. The predicted octanol–water partition coefficient (Wildman–Crippen LogP) is 2.36. The summed E-state index contributed by atoms with van der Waals surface area (Å²) >= 11 is 5.40. The number of aromatic nitrogens is 2. The summed E-state index contributed by atoms with van der Waals surface area (Å²) in [7, 11) is 0. The number of nitrogens with zero attached hydrogens (tertiary/aromatic N) is 2. The highest BCUT2D eigenvalue weighted by molar-refractivity contribution is 6.28. The highest BCUT2D eigenvalue weighted by atomic mass is 35.5. The average molecular weight is 250 g/mol. The van der Waals surface area contributed by atoms with Gasteiger partial charge in [0.2, 0.25) is 5.91 Å². The van der Waals surface area contributed by atoms with E-state index in [1.807, 2.05) is 31.2 Å². The third kappa shape index (κ3) is 2.85. The van der Waals surface area contributed by atoms with Crippen molar-refractivity contribution in [2.45, 2.75) is 6.92 Å². The zero-order chi connectivity index (χ0) is 12.3. The van der Waals surface area contributed by atoms with Gasteiger partial charge in [-0.1, -0.05) is 17.7 Å². The van der Waals surface area contributed by atoms with Crippen LogP contribution in [0.25, 0.3) is 5.69 Å². The minimum Gasteiger partial charge on any atom is -0.308 e. The second kappa shape index (κ2) is 5.01. The van der Waals surface area contributed by atoms with Crippen LogP contribution in [-0.2, 0) is 4.79 Å². The molecule has 0 radical (unpaired) electrons. The monoisotopic (exact) mass is 249 g/mol. The SMILES string of the molecule is Cc1ccc(-n2ccc(NC(=O)CCl)n2)cc1. The molecule has 2 aromatic rings. The van der Waals surface area contributed by atoms with Crippen molar-refractivity contribution >= 4 is 23.3 Å². The number of benzene rings is 1. The Kier molecular flexibility index (Phi) is 3.44. The van der Waals surface area contributed by atoms with E-state index < -0.39 is 0 Å². The van der Waals surface area contributed by atoms with Crippen LogP contribution in [0.1, 0.15) is 5.56 Å². The van der Waals surface area contributed by atoms with Crippen LogP contribution in [0.15, 0.2) is 36.5 Å².